The number of carboxylic acid groups (broad SMARTS) is 1. The average Bonchev–Trinajstić information content (AvgIpc) is 2.49. The Labute approximate surface area is 84.0 Å². The molecule has 0 spiro atoms. The summed E-state index contributed by atoms with van der Waals surface area (Å²) in [5.74, 6) is -0.750. The lowest BCUT2D eigenvalue weighted by molar-refractivity contribution is -0.146. The molecule has 3 heteroatoms. The minimum absolute atomic E-state index is 0.246. The summed E-state index contributed by atoms with van der Waals surface area (Å²) >= 11 is 0. The standard InChI is InChI=1S/C11H17NO2/c1-7-9(2,3)11(12)5-4-10(7,6-11)8(13)14/h1,4-6,12H2,2-3H3,(H,13,14)/t10-,11-/m1/s1. The van der Waals surface area contributed by atoms with Crippen LogP contribution in [-0.4, -0.2) is 16.6 Å². The van der Waals surface area contributed by atoms with Crippen LogP contribution >= 0.6 is 0 Å². The maximum absolute atomic E-state index is 11.3. The first-order chi connectivity index (χ1) is 6.26. The van der Waals surface area contributed by atoms with Crippen LogP contribution < -0.4 is 5.73 Å². The van der Waals surface area contributed by atoms with Crippen LogP contribution in [-0.2, 0) is 4.79 Å². The highest BCUT2D eigenvalue weighted by Gasteiger charge is 2.67. The maximum atomic E-state index is 11.3. The largest absolute Gasteiger partial charge is 0.481 e. The molecule has 2 aliphatic carbocycles. The Kier molecular flexibility index (Phi) is 1.54. The number of carbonyl (C=O) groups is 1. The smallest absolute Gasteiger partial charge is 0.313 e. The van der Waals surface area contributed by atoms with Crippen LogP contribution in [0.3, 0.4) is 0 Å². The lowest BCUT2D eigenvalue weighted by atomic mass is 9.66. The maximum Gasteiger partial charge on any atom is 0.313 e. The van der Waals surface area contributed by atoms with Gasteiger partial charge in [0.05, 0.1) is 5.41 Å². The molecule has 0 aromatic rings. The molecule has 0 aromatic carbocycles. The van der Waals surface area contributed by atoms with Crippen LogP contribution in [0.5, 0.6) is 0 Å². The molecule has 78 valence electrons. The third-order valence-corrected chi connectivity index (χ3v) is 4.60. The van der Waals surface area contributed by atoms with Gasteiger partial charge in [-0.2, -0.15) is 0 Å². The lowest BCUT2D eigenvalue weighted by Crippen LogP contribution is -2.49. The van der Waals surface area contributed by atoms with Crippen molar-refractivity contribution in [2.75, 3.05) is 0 Å². The van der Waals surface area contributed by atoms with Crippen molar-refractivity contribution in [3.05, 3.63) is 12.2 Å². The average molecular weight is 195 g/mol. The van der Waals surface area contributed by atoms with Crippen molar-refractivity contribution in [3.63, 3.8) is 0 Å². The molecule has 0 amide bonds. The summed E-state index contributed by atoms with van der Waals surface area (Å²) in [7, 11) is 0. The van der Waals surface area contributed by atoms with Crippen LogP contribution in [0.4, 0.5) is 0 Å². The van der Waals surface area contributed by atoms with Gasteiger partial charge in [0.15, 0.2) is 0 Å². The van der Waals surface area contributed by atoms with Crippen LogP contribution in [0.15, 0.2) is 12.2 Å². The zero-order valence-corrected chi connectivity index (χ0v) is 8.76. The second kappa shape index (κ2) is 2.22. The van der Waals surface area contributed by atoms with Gasteiger partial charge in [0.25, 0.3) is 0 Å². The van der Waals surface area contributed by atoms with Gasteiger partial charge in [0.1, 0.15) is 0 Å². The first kappa shape index (κ1) is 9.71. The molecule has 0 unspecified atom stereocenters. The Morgan fingerprint density at radius 2 is 2.07 bits per heavy atom. The van der Waals surface area contributed by atoms with E-state index in [4.69, 9.17) is 5.73 Å². The molecule has 14 heavy (non-hydrogen) atoms. The van der Waals surface area contributed by atoms with Gasteiger partial charge in [-0.25, -0.2) is 0 Å². The van der Waals surface area contributed by atoms with E-state index in [2.05, 4.69) is 6.58 Å². The molecule has 2 bridgehead atoms. The number of aliphatic carboxylic acids is 1. The summed E-state index contributed by atoms with van der Waals surface area (Å²) in [6.45, 7) is 7.99. The molecule has 2 aliphatic rings. The topological polar surface area (TPSA) is 63.3 Å². The quantitative estimate of drug-likeness (QED) is 0.624. The third-order valence-electron chi connectivity index (χ3n) is 4.60. The Balaban J connectivity index is 2.54. The van der Waals surface area contributed by atoms with Crippen molar-refractivity contribution in [3.8, 4) is 0 Å². The van der Waals surface area contributed by atoms with E-state index in [0.717, 1.165) is 12.0 Å². The molecule has 0 heterocycles. The van der Waals surface area contributed by atoms with Crippen LogP contribution in [0.2, 0.25) is 0 Å². The Morgan fingerprint density at radius 3 is 2.36 bits per heavy atom. The van der Waals surface area contributed by atoms with E-state index in [1.807, 2.05) is 13.8 Å². The summed E-state index contributed by atoms with van der Waals surface area (Å²) in [4.78, 5) is 11.3. The summed E-state index contributed by atoms with van der Waals surface area (Å²) in [5.41, 5.74) is 5.74. The van der Waals surface area contributed by atoms with Gasteiger partial charge in [0, 0.05) is 11.0 Å². The van der Waals surface area contributed by atoms with Crippen LogP contribution in [0.25, 0.3) is 0 Å². The molecule has 2 saturated carbocycles. The molecule has 2 atom stereocenters. The van der Waals surface area contributed by atoms with Gasteiger partial charge in [0.2, 0.25) is 0 Å². The molecule has 2 rings (SSSR count). The van der Waals surface area contributed by atoms with Crippen molar-refractivity contribution in [1.29, 1.82) is 0 Å². The highest BCUT2D eigenvalue weighted by Crippen LogP contribution is 2.66. The Bertz CT molecular complexity index is 334. The molecular weight excluding hydrogens is 178 g/mol. The second-order valence-electron chi connectivity index (χ2n) is 5.32. The number of nitrogens with two attached hydrogens (primary N) is 1. The van der Waals surface area contributed by atoms with Gasteiger partial charge in [-0.3, -0.25) is 4.79 Å². The predicted molar refractivity (Wildman–Crippen MR) is 53.8 cm³/mol. The van der Waals surface area contributed by atoms with E-state index >= 15 is 0 Å². The van der Waals surface area contributed by atoms with E-state index in [1.54, 1.807) is 0 Å². The van der Waals surface area contributed by atoms with E-state index in [1.165, 1.54) is 0 Å². The number of hydrogen-bond acceptors (Lipinski definition) is 2. The van der Waals surface area contributed by atoms with Crippen molar-refractivity contribution < 1.29 is 9.90 Å². The van der Waals surface area contributed by atoms with Gasteiger partial charge in [-0.05, 0) is 19.3 Å². The zero-order valence-electron chi connectivity index (χ0n) is 8.76. The van der Waals surface area contributed by atoms with Gasteiger partial charge in [-0.15, -0.1) is 0 Å². The van der Waals surface area contributed by atoms with Crippen molar-refractivity contribution in [2.24, 2.45) is 16.6 Å². The molecule has 2 fully saturated rings. The summed E-state index contributed by atoms with van der Waals surface area (Å²) in [6, 6.07) is 0. The van der Waals surface area contributed by atoms with Crippen molar-refractivity contribution in [1.82, 2.24) is 0 Å². The fourth-order valence-corrected chi connectivity index (χ4v) is 3.15. The van der Waals surface area contributed by atoms with Gasteiger partial charge >= 0.3 is 5.97 Å². The number of rotatable bonds is 1. The van der Waals surface area contributed by atoms with E-state index < -0.39 is 11.4 Å². The van der Waals surface area contributed by atoms with E-state index in [0.29, 0.717) is 12.8 Å². The monoisotopic (exact) mass is 195 g/mol. The summed E-state index contributed by atoms with van der Waals surface area (Å²) in [5, 5.41) is 9.29. The molecule has 0 aromatic heterocycles. The Morgan fingerprint density at radius 1 is 1.50 bits per heavy atom. The minimum atomic E-state index is -0.750. The van der Waals surface area contributed by atoms with Crippen molar-refractivity contribution >= 4 is 5.97 Å². The molecule has 0 saturated heterocycles. The fraction of sp³-hybridized carbons (Fsp3) is 0.727. The van der Waals surface area contributed by atoms with Crippen molar-refractivity contribution in [2.45, 2.75) is 38.6 Å². The molecular formula is C11H17NO2. The van der Waals surface area contributed by atoms with E-state index in [-0.39, 0.29) is 11.0 Å². The fourth-order valence-electron chi connectivity index (χ4n) is 3.15. The van der Waals surface area contributed by atoms with Gasteiger partial charge < -0.3 is 10.8 Å². The molecule has 3 N–H and O–H groups in total. The highest BCUT2D eigenvalue weighted by molar-refractivity contribution is 5.81. The number of fused-ring (bicyclic) bond motifs is 2. The number of carboxylic acids is 1. The molecule has 3 nitrogen and oxygen atoms in total. The summed E-state index contributed by atoms with van der Waals surface area (Å²) < 4.78 is 0. The van der Waals surface area contributed by atoms with Gasteiger partial charge in [-0.1, -0.05) is 26.0 Å². The second-order valence-corrected chi connectivity index (χ2v) is 5.32. The highest BCUT2D eigenvalue weighted by atomic mass is 16.4. The lowest BCUT2D eigenvalue weighted by Gasteiger charge is -2.41. The predicted octanol–water partition coefficient (Wildman–Crippen LogP) is 1.53. The first-order valence-corrected chi connectivity index (χ1v) is 4.98. The SMILES string of the molecule is C=C1C(C)(C)[C@@]2(N)CC[C@@]1(C(=O)O)C2. The van der Waals surface area contributed by atoms with Crippen LogP contribution in [0, 0.1) is 10.8 Å². The van der Waals surface area contributed by atoms with Crippen LogP contribution in [0.1, 0.15) is 33.1 Å². The third kappa shape index (κ3) is 0.753. The zero-order chi connectivity index (χ0) is 10.8. The minimum Gasteiger partial charge on any atom is -0.481 e. The Hall–Kier alpha value is -0.830. The molecule has 0 radical (unpaired) electrons. The molecule has 0 aliphatic heterocycles. The normalized spacial score (nSPS) is 44.4. The van der Waals surface area contributed by atoms with E-state index in [9.17, 15) is 9.90 Å². The number of hydrogen-bond donors (Lipinski definition) is 2. The first-order valence-electron chi connectivity index (χ1n) is 4.98. The summed E-state index contributed by atoms with van der Waals surface area (Å²) in [6.07, 6.45) is 2.01.